The number of benzene rings is 2. The number of carbonyl (C=O) groups excluding carboxylic acids is 1. The Morgan fingerprint density at radius 3 is 2.49 bits per heavy atom. The summed E-state index contributed by atoms with van der Waals surface area (Å²) in [4.78, 5) is 14.1. The molecule has 0 bridgehead atoms. The van der Waals surface area contributed by atoms with E-state index in [4.69, 9.17) is 25.0 Å². The average Bonchev–Trinajstić information content (AvgIpc) is 3.23. The Kier molecular flexibility index (Phi) is 7.39. The number of nitrogens with zero attached hydrogens (tertiary/aromatic N) is 4. The van der Waals surface area contributed by atoms with Crippen molar-refractivity contribution < 1.29 is 19.0 Å². The number of carbonyl (C=O) groups is 1. The molecule has 0 radical (unpaired) electrons. The van der Waals surface area contributed by atoms with Crippen LogP contribution in [0.15, 0.2) is 53.9 Å². The van der Waals surface area contributed by atoms with E-state index in [1.165, 1.54) is 7.11 Å². The third-order valence-corrected chi connectivity index (χ3v) is 6.50. The smallest absolute Gasteiger partial charge is 0.260 e. The number of aryl methyl sites for hydroxylation is 2. The number of nitrogens with two attached hydrogens (primary N) is 1. The van der Waals surface area contributed by atoms with Crippen molar-refractivity contribution in [2.24, 2.45) is 5.73 Å². The number of nitriles is 1. The van der Waals surface area contributed by atoms with Crippen molar-refractivity contribution in [2.45, 2.75) is 33.6 Å². The van der Waals surface area contributed by atoms with E-state index < -0.39 is 5.92 Å². The highest BCUT2D eigenvalue weighted by Gasteiger charge is 2.36. The van der Waals surface area contributed by atoms with Gasteiger partial charge in [-0.25, -0.2) is 4.68 Å². The molecule has 192 valence electrons. The molecule has 2 N–H and O–H groups in total. The fourth-order valence-electron chi connectivity index (χ4n) is 4.50. The van der Waals surface area contributed by atoms with Gasteiger partial charge in [0.25, 0.3) is 5.91 Å². The fourth-order valence-corrected chi connectivity index (χ4v) is 4.50. The second kappa shape index (κ2) is 10.7. The predicted octanol–water partition coefficient (Wildman–Crippen LogP) is 3.96. The quantitative estimate of drug-likeness (QED) is 0.497. The highest BCUT2D eigenvalue weighted by molar-refractivity contribution is 5.77. The van der Waals surface area contributed by atoms with E-state index >= 15 is 0 Å². The number of rotatable bonds is 8. The summed E-state index contributed by atoms with van der Waals surface area (Å²) < 4.78 is 19.0. The molecule has 0 saturated heterocycles. The molecule has 1 atom stereocenters. The van der Waals surface area contributed by atoms with Crippen LogP contribution in [0.25, 0.3) is 5.69 Å². The van der Waals surface area contributed by atoms with Gasteiger partial charge in [-0.3, -0.25) is 4.79 Å². The standard InChI is InChI=1S/C28H31N5O4/c1-6-32(7-2)24(34)16-36-22-13-10-19(14-23(22)35-5)26-21(15-29)27(30)37-28-25(26)18(4)31-33(28)20-11-8-17(3)9-12-20/h8-14,26H,6-7,16,30H2,1-5H3/t26-/m1/s1. The van der Waals surface area contributed by atoms with Crippen molar-refractivity contribution in [1.82, 2.24) is 14.7 Å². The van der Waals surface area contributed by atoms with Gasteiger partial charge in [0.1, 0.15) is 11.6 Å². The lowest BCUT2D eigenvalue weighted by atomic mass is 9.84. The summed E-state index contributed by atoms with van der Waals surface area (Å²) in [6.07, 6.45) is 0. The molecule has 9 heteroatoms. The second-order valence-corrected chi connectivity index (χ2v) is 8.74. The highest BCUT2D eigenvalue weighted by atomic mass is 16.5. The van der Waals surface area contributed by atoms with Gasteiger partial charge in [-0.2, -0.15) is 10.4 Å². The van der Waals surface area contributed by atoms with E-state index in [2.05, 4.69) is 6.07 Å². The Morgan fingerprint density at radius 2 is 1.86 bits per heavy atom. The molecule has 2 heterocycles. The van der Waals surface area contributed by atoms with Crippen LogP contribution < -0.4 is 19.9 Å². The molecule has 0 unspecified atom stereocenters. The maximum atomic E-state index is 12.4. The molecule has 0 spiro atoms. The van der Waals surface area contributed by atoms with Crippen LogP contribution in [0.4, 0.5) is 0 Å². The summed E-state index contributed by atoms with van der Waals surface area (Å²) in [5, 5.41) is 14.7. The predicted molar refractivity (Wildman–Crippen MR) is 139 cm³/mol. The van der Waals surface area contributed by atoms with Gasteiger partial charge in [0.15, 0.2) is 18.1 Å². The van der Waals surface area contributed by atoms with Gasteiger partial charge in [0, 0.05) is 13.1 Å². The van der Waals surface area contributed by atoms with Crippen molar-refractivity contribution in [1.29, 1.82) is 5.26 Å². The van der Waals surface area contributed by atoms with Crippen LogP contribution in [0.2, 0.25) is 0 Å². The first-order chi connectivity index (χ1) is 17.8. The Balaban J connectivity index is 1.74. The highest BCUT2D eigenvalue weighted by Crippen LogP contribution is 2.46. The van der Waals surface area contributed by atoms with Gasteiger partial charge >= 0.3 is 0 Å². The van der Waals surface area contributed by atoms with Gasteiger partial charge in [0.2, 0.25) is 11.8 Å². The first-order valence-corrected chi connectivity index (χ1v) is 12.1. The first kappa shape index (κ1) is 25.6. The zero-order valence-corrected chi connectivity index (χ0v) is 21.7. The summed E-state index contributed by atoms with van der Waals surface area (Å²) in [6, 6.07) is 15.5. The second-order valence-electron chi connectivity index (χ2n) is 8.74. The number of aromatic nitrogens is 2. The van der Waals surface area contributed by atoms with Gasteiger partial charge < -0.3 is 24.8 Å². The van der Waals surface area contributed by atoms with Crippen molar-refractivity contribution in [3.8, 4) is 29.1 Å². The monoisotopic (exact) mass is 501 g/mol. The summed E-state index contributed by atoms with van der Waals surface area (Å²) in [5.74, 6) is 0.739. The molecule has 1 amide bonds. The van der Waals surface area contributed by atoms with Crippen molar-refractivity contribution in [3.63, 3.8) is 0 Å². The van der Waals surface area contributed by atoms with Gasteiger partial charge in [0.05, 0.1) is 30.0 Å². The SMILES string of the molecule is CCN(CC)C(=O)COc1ccc([C@@H]2C(C#N)=C(N)Oc3c2c(C)nn3-c2ccc(C)cc2)cc1OC. The average molecular weight is 502 g/mol. The lowest BCUT2D eigenvalue weighted by molar-refractivity contribution is -0.132. The molecular formula is C28H31N5O4. The number of allylic oxidation sites excluding steroid dienone is 1. The molecule has 1 aliphatic rings. The van der Waals surface area contributed by atoms with Crippen molar-refractivity contribution in [3.05, 3.63) is 76.3 Å². The lowest BCUT2D eigenvalue weighted by Gasteiger charge is -2.25. The Bertz CT molecular complexity index is 1380. The number of amides is 1. The largest absolute Gasteiger partial charge is 0.493 e. The van der Waals surface area contributed by atoms with Gasteiger partial charge in [-0.1, -0.05) is 23.8 Å². The topological polar surface area (TPSA) is 116 Å². The Morgan fingerprint density at radius 1 is 1.16 bits per heavy atom. The molecule has 2 aromatic carbocycles. The van der Waals surface area contributed by atoms with Crippen molar-refractivity contribution >= 4 is 5.91 Å². The maximum Gasteiger partial charge on any atom is 0.260 e. The van der Waals surface area contributed by atoms with Crippen molar-refractivity contribution in [2.75, 3.05) is 26.8 Å². The van der Waals surface area contributed by atoms with E-state index in [0.29, 0.717) is 36.2 Å². The number of hydrogen-bond acceptors (Lipinski definition) is 7. The van der Waals surface area contributed by atoms with E-state index in [1.807, 2.05) is 58.0 Å². The minimum Gasteiger partial charge on any atom is -0.493 e. The third kappa shape index (κ3) is 4.83. The molecule has 0 fully saturated rings. The van der Waals surface area contributed by atoms with E-state index in [9.17, 15) is 10.1 Å². The summed E-state index contributed by atoms with van der Waals surface area (Å²) in [6.45, 7) is 8.87. The normalized spacial score (nSPS) is 14.4. The lowest BCUT2D eigenvalue weighted by Crippen LogP contribution is -2.34. The number of fused-ring (bicyclic) bond motifs is 1. The van der Waals surface area contributed by atoms with E-state index in [0.717, 1.165) is 22.4 Å². The molecule has 9 nitrogen and oxygen atoms in total. The van der Waals surface area contributed by atoms with Crippen LogP contribution in [0.3, 0.4) is 0 Å². The maximum absolute atomic E-state index is 12.4. The molecular weight excluding hydrogens is 470 g/mol. The third-order valence-electron chi connectivity index (χ3n) is 6.50. The molecule has 0 saturated carbocycles. The number of methoxy groups -OCH3 is 1. The Labute approximate surface area is 216 Å². The minimum absolute atomic E-state index is 0.0253. The summed E-state index contributed by atoms with van der Waals surface area (Å²) in [7, 11) is 1.53. The Hall–Kier alpha value is -4.45. The van der Waals surface area contributed by atoms with E-state index in [-0.39, 0.29) is 24.0 Å². The van der Waals surface area contributed by atoms with E-state index in [1.54, 1.807) is 21.7 Å². The number of ether oxygens (including phenoxy) is 3. The van der Waals surface area contributed by atoms with Crippen LogP contribution in [-0.4, -0.2) is 47.4 Å². The zero-order valence-electron chi connectivity index (χ0n) is 21.7. The number of hydrogen-bond donors (Lipinski definition) is 1. The van der Waals surface area contributed by atoms with Crippen LogP contribution >= 0.6 is 0 Å². The van der Waals surface area contributed by atoms with Gasteiger partial charge in [-0.05, 0) is 57.5 Å². The zero-order chi connectivity index (χ0) is 26.7. The van der Waals surface area contributed by atoms with Gasteiger partial charge in [-0.15, -0.1) is 0 Å². The summed E-state index contributed by atoms with van der Waals surface area (Å²) in [5.41, 5.74) is 10.7. The molecule has 4 rings (SSSR count). The molecule has 0 aliphatic carbocycles. The minimum atomic E-state index is -0.520. The number of likely N-dealkylation sites (N-methyl/N-ethyl adjacent to an activating group) is 1. The molecule has 1 aliphatic heterocycles. The fraction of sp³-hybridized carbons (Fsp3) is 0.321. The molecule has 3 aromatic rings. The molecule has 1 aromatic heterocycles. The molecule has 37 heavy (non-hydrogen) atoms. The van der Waals surface area contributed by atoms with Crippen LogP contribution in [0.5, 0.6) is 17.4 Å². The summed E-state index contributed by atoms with van der Waals surface area (Å²) >= 11 is 0. The van der Waals surface area contributed by atoms with Crippen LogP contribution in [0, 0.1) is 25.2 Å². The van der Waals surface area contributed by atoms with Crippen LogP contribution in [-0.2, 0) is 4.79 Å². The van der Waals surface area contributed by atoms with Crippen LogP contribution in [0.1, 0.15) is 42.1 Å². The first-order valence-electron chi connectivity index (χ1n) is 12.1.